The van der Waals surface area contributed by atoms with Crippen LogP contribution in [0.3, 0.4) is 0 Å². The molecule has 6 N–H and O–H groups in total. The van der Waals surface area contributed by atoms with Gasteiger partial charge >= 0.3 is 18.1 Å². The molecule has 0 bridgehead atoms. The summed E-state index contributed by atoms with van der Waals surface area (Å²) in [5, 5.41) is 17.6. The SMILES string of the molecule is Cc1ccc(NC(=O)Nc2cccc(CN(Cc3cccc(NC(=O)Nc4ccc(C)cc4)c3)[C@@H](C)c3cccc(NC(=O)Nc4ccc(C)cc4)c3)c2)cc1. The number of aryl methyl sites for hydroxylation is 3. The van der Waals surface area contributed by atoms with E-state index in [1.807, 2.05) is 166 Å². The lowest BCUT2D eigenvalue weighted by Gasteiger charge is -2.30. The minimum absolute atomic E-state index is 0.111. The number of amides is 6. The van der Waals surface area contributed by atoms with Crippen molar-refractivity contribution in [3.05, 3.63) is 179 Å². The van der Waals surface area contributed by atoms with Crippen LogP contribution in [0.2, 0.25) is 0 Å². The molecule has 6 amide bonds. The molecule has 1 atom stereocenters. The summed E-state index contributed by atoms with van der Waals surface area (Å²) in [6.07, 6.45) is 0. The standard InChI is InChI=1S/C46H47N7O3/c1-31-14-20-38(21-15-31)47-44(54)50-41-11-5-8-35(26-41)29-53(30-36-9-6-12-42(27-36)51-45(55)48-39-22-16-32(2)17-23-39)34(4)37-10-7-13-43(28-37)52-46(56)49-40-24-18-33(3)19-25-40/h5-28,34H,29-30H2,1-4H3,(H2,47,50,54)(H2,48,51,55)(H2,49,52,56)/t34-/m0/s1. The fraction of sp³-hybridized carbons (Fsp3) is 0.152. The maximum atomic E-state index is 12.9. The maximum Gasteiger partial charge on any atom is 0.323 e. The third-order valence-corrected chi connectivity index (χ3v) is 9.24. The van der Waals surface area contributed by atoms with Gasteiger partial charge in [0.15, 0.2) is 0 Å². The molecule has 0 aliphatic rings. The highest BCUT2D eigenvalue weighted by Crippen LogP contribution is 2.28. The summed E-state index contributed by atoms with van der Waals surface area (Å²) in [4.78, 5) is 41.0. The largest absolute Gasteiger partial charge is 0.323 e. The van der Waals surface area contributed by atoms with Crippen molar-refractivity contribution >= 4 is 52.2 Å². The van der Waals surface area contributed by atoms with E-state index in [1.165, 1.54) is 0 Å². The van der Waals surface area contributed by atoms with E-state index in [4.69, 9.17) is 0 Å². The molecule has 284 valence electrons. The molecule has 0 aliphatic heterocycles. The number of anilines is 6. The van der Waals surface area contributed by atoms with Gasteiger partial charge in [-0.3, -0.25) is 4.90 Å². The van der Waals surface area contributed by atoms with E-state index in [-0.39, 0.29) is 24.1 Å². The van der Waals surface area contributed by atoms with Gasteiger partial charge in [-0.1, -0.05) is 89.5 Å². The van der Waals surface area contributed by atoms with Gasteiger partial charge in [-0.05, 0) is 117 Å². The number of carbonyl (C=O) groups is 3. The van der Waals surface area contributed by atoms with Crippen LogP contribution in [0.1, 0.15) is 46.3 Å². The van der Waals surface area contributed by atoms with Crippen LogP contribution in [0.25, 0.3) is 0 Å². The highest BCUT2D eigenvalue weighted by molar-refractivity contribution is 6.01. The van der Waals surface area contributed by atoms with Gasteiger partial charge in [0, 0.05) is 53.3 Å². The van der Waals surface area contributed by atoms with Crippen LogP contribution in [-0.4, -0.2) is 23.0 Å². The van der Waals surface area contributed by atoms with Gasteiger partial charge in [0.1, 0.15) is 0 Å². The zero-order valence-corrected chi connectivity index (χ0v) is 32.0. The topological polar surface area (TPSA) is 127 Å². The van der Waals surface area contributed by atoms with E-state index in [0.717, 1.165) is 33.4 Å². The summed E-state index contributed by atoms with van der Waals surface area (Å²) < 4.78 is 0. The Balaban J connectivity index is 1.19. The highest BCUT2D eigenvalue weighted by atomic mass is 16.2. The molecule has 0 fully saturated rings. The number of rotatable bonds is 12. The van der Waals surface area contributed by atoms with Crippen molar-refractivity contribution in [2.24, 2.45) is 0 Å². The van der Waals surface area contributed by atoms with Gasteiger partial charge in [0.25, 0.3) is 0 Å². The molecule has 0 radical (unpaired) electrons. The molecular weight excluding hydrogens is 699 g/mol. The van der Waals surface area contributed by atoms with E-state index < -0.39 is 0 Å². The number of hydrogen-bond acceptors (Lipinski definition) is 4. The minimum Gasteiger partial charge on any atom is -0.308 e. The van der Waals surface area contributed by atoms with Gasteiger partial charge in [-0.2, -0.15) is 0 Å². The second kappa shape index (κ2) is 18.4. The third kappa shape index (κ3) is 11.5. The molecular formula is C46H47N7O3. The molecule has 6 aromatic rings. The van der Waals surface area contributed by atoms with Crippen LogP contribution in [-0.2, 0) is 13.1 Å². The Kier molecular flexibility index (Phi) is 12.8. The Morgan fingerprint density at radius 1 is 0.429 bits per heavy atom. The lowest BCUT2D eigenvalue weighted by molar-refractivity contribution is 0.192. The highest BCUT2D eigenvalue weighted by Gasteiger charge is 2.19. The molecule has 0 saturated heterocycles. The first kappa shape index (κ1) is 38.8. The van der Waals surface area contributed by atoms with Crippen LogP contribution in [0.5, 0.6) is 0 Å². The summed E-state index contributed by atoms with van der Waals surface area (Å²) in [5.41, 5.74) is 10.4. The van der Waals surface area contributed by atoms with Crippen molar-refractivity contribution in [1.29, 1.82) is 0 Å². The van der Waals surface area contributed by atoms with E-state index in [1.54, 1.807) is 0 Å². The summed E-state index contributed by atoms with van der Waals surface area (Å²) in [7, 11) is 0. The number of carbonyl (C=O) groups excluding carboxylic acids is 3. The second-order valence-corrected chi connectivity index (χ2v) is 13.9. The van der Waals surface area contributed by atoms with Crippen LogP contribution >= 0.6 is 0 Å². The molecule has 0 saturated carbocycles. The van der Waals surface area contributed by atoms with Crippen molar-refractivity contribution in [2.75, 3.05) is 31.9 Å². The predicted octanol–water partition coefficient (Wildman–Crippen LogP) is 11.3. The smallest absolute Gasteiger partial charge is 0.308 e. The van der Waals surface area contributed by atoms with Crippen molar-refractivity contribution in [1.82, 2.24) is 4.90 Å². The number of nitrogens with one attached hydrogen (secondary N) is 6. The van der Waals surface area contributed by atoms with Crippen molar-refractivity contribution in [3.8, 4) is 0 Å². The Labute approximate surface area is 328 Å². The second-order valence-electron chi connectivity index (χ2n) is 13.9. The fourth-order valence-corrected chi connectivity index (χ4v) is 6.17. The van der Waals surface area contributed by atoms with E-state index >= 15 is 0 Å². The molecule has 10 nitrogen and oxygen atoms in total. The van der Waals surface area contributed by atoms with Gasteiger partial charge in [-0.25, -0.2) is 14.4 Å². The number of nitrogens with zero attached hydrogens (tertiary/aromatic N) is 1. The first-order valence-corrected chi connectivity index (χ1v) is 18.5. The maximum absolute atomic E-state index is 12.9. The van der Waals surface area contributed by atoms with Crippen LogP contribution in [0.4, 0.5) is 48.5 Å². The van der Waals surface area contributed by atoms with Gasteiger partial charge in [0.2, 0.25) is 0 Å². The minimum atomic E-state index is -0.332. The molecule has 0 spiro atoms. The first-order chi connectivity index (χ1) is 27.0. The Morgan fingerprint density at radius 3 is 1.12 bits per heavy atom. The zero-order valence-electron chi connectivity index (χ0n) is 32.0. The zero-order chi connectivity index (χ0) is 39.4. The van der Waals surface area contributed by atoms with E-state index in [0.29, 0.717) is 47.2 Å². The van der Waals surface area contributed by atoms with E-state index in [2.05, 4.69) is 43.7 Å². The Hall–Kier alpha value is -6.91. The third-order valence-electron chi connectivity index (χ3n) is 9.24. The normalized spacial score (nSPS) is 11.3. The molecule has 0 unspecified atom stereocenters. The molecule has 6 aromatic carbocycles. The molecule has 0 heterocycles. The fourth-order valence-electron chi connectivity index (χ4n) is 6.17. The Bertz CT molecular complexity index is 2170. The number of hydrogen-bond donors (Lipinski definition) is 6. The molecule has 0 aliphatic carbocycles. The van der Waals surface area contributed by atoms with Crippen molar-refractivity contribution in [3.63, 3.8) is 0 Å². The van der Waals surface area contributed by atoms with Crippen LogP contribution in [0, 0.1) is 20.8 Å². The number of benzene rings is 6. The van der Waals surface area contributed by atoms with Crippen LogP contribution < -0.4 is 31.9 Å². The lowest BCUT2D eigenvalue weighted by Crippen LogP contribution is -2.27. The van der Waals surface area contributed by atoms with Crippen LogP contribution in [0.15, 0.2) is 146 Å². The van der Waals surface area contributed by atoms with E-state index in [9.17, 15) is 14.4 Å². The summed E-state index contributed by atoms with van der Waals surface area (Å²) >= 11 is 0. The molecule has 10 heteroatoms. The quantitative estimate of drug-likeness (QED) is 0.0745. The Morgan fingerprint density at radius 2 is 0.750 bits per heavy atom. The van der Waals surface area contributed by atoms with Crippen molar-refractivity contribution < 1.29 is 14.4 Å². The summed E-state index contributed by atoms with van der Waals surface area (Å²) in [5.74, 6) is 0. The van der Waals surface area contributed by atoms with Crippen molar-refractivity contribution in [2.45, 2.75) is 46.8 Å². The summed E-state index contributed by atoms with van der Waals surface area (Å²) in [6.45, 7) is 9.19. The average Bonchev–Trinajstić information content (AvgIpc) is 3.17. The van der Waals surface area contributed by atoms with Gasteiger partial charge in [0.05, 0.1) is 0 Å². The first-order valence-electron chi connectivity index (χ1n) is 18.5. The number of urea groups is 3. The summed E-state index contributed by atoms with van der Waals surface area (Å²) in [6, 6.07) is 45.2. The van der Waals surface area contributed by atoms with Gasteiger partial charge < -0.3 is 31.9 Å². The molecule has 0 aromatic heterocycles. The monoisotopic (exact) mass is 745 g/mol. The van der Waals surface area contributed by atoms with Gasteiger partial charge in [-0.15, -0.1) is 0 Å². The molecule has 56 heavy (non-hydrogen) atoms. The lowest BCUT2D eigenvalue weighted by atomic mass is 10.0. The predicted molar refractivity (Wildman–Crippen MR) is 228 cm³/mol. The molecule has 6 rings (SSSR count). The average molecular weight is 746 g/mol.